The smallest absolute Gasteiger partial charge is 0.328 e. The molecule has 5 heteroatoms. The molecule has 12 heavy (non-hydrogen) atoms. The molecule has 0 atom stereocenters. The average Bonchev–Trinajstić information content (AvgIpc) is 1.91. The largest absolute Gasteiger partial charge is 0.522 e. The zero-order valence-corrected chi connectivity index (χ0v) is 6.60. The van der Waals surface area contributed by atoms with E-state index in [9.17, 15) is 13.2 Å². The maximum atomic E-state index is 11.7. The highest BCUT2D eigenvalue weighted by molar-refractivity contribution is 4.74. The average molecular weight is 183 g/mol. The lowest BCUT2D eigenvalue weighted by Crippen LogP contribution is -2.33. The Morgan fingerprint density at radius 1 is 1.08 bits per heavy atom. The van der Waals surface area contributed by atoms with Gasteiger partial charge in [-0.3, -0.25) is 4.74 Å². The van der Waals surface area contributed by atoms with Crippen molar-refractivity contribution in [3.63, 3.8) is 0 Å². The van der Waals surface area contributed by atoms with Crippen LogP contribution in [0.1, 0.15) is 25.7 Å². The van der Waals surface area contributed by atoms with Gasteiger partial charge in [0.2, 0.25) is 0 Å². The summed E-state index contributed by atoms with van der Waals surface area (Å²) >= 11 is 0. The zero-order valence-electron chi connectivity index (χ0n) is 6.60. The molecule has 1 saturated carbocycles. The maximum Gasteiger partial charge on any atom is 0.522 e. The predicted octanol–water partition coefficient (Wildman–Crippen LogP) is 1.79. The van der Waals surface area contributed by atoms with Crippen molar-refractivity contribution >= 4 is 0 Å². The normalized spacial score (nSPS) is 32.0. The molecule has 0 bridgehead atoms. The van der Waals surface area contributed by atoms with Gasteiger partial charge in [0.05, 0.1) is 6.10 Å². The highest BCUT2D eigenvalue weighted by Gasteiger charge is 2.34. The van der Waals surface area contributed by atoms with Gasteiger partial charge in [0.25, 0.3) is 0 Å². The van der Waals surface area contributed by atoms with Crippen molar-refractivity contribution in [1.82, 2.24) is 0 Å². The van der Waals surface area contributed by atoms with Crippen molar-refractivity contribution in [3.05, 3.63) is 0 Å². The molecule has 0 radical (unpaired) electrons. The zero-order chi connectivity index (χ0) is 9.19. The number of halogens is 3. The molecule has 1 aliphatic rings. The minimum absolute atomic E-state index is 0.0538. The maximum absolute atomic E-state index is 11.7. The quantitative estimate of drug-likeness (QED) is 0.672. The van der Waals surface area contributed by atoms with E-state index in [1.54, 1.807) is 0 Å². The van der Waals surface area contributed by atoms with Crippen LogP contribution in [-0.4, -0.2) is 18.5 Å². The van der Waals surface area contributed by atoms with E-state index >= 15 is 0 Å². The van der Waals surface area contributed by atoms with E-state index < -0.39 is 12.5 Å². The summed E-state index contributed by atoms with van der Waals surface area (Å²) < 4.78 is 38.9. The van der Waals surface area contributed by atoms with Crippen LogP contribution in [0.15, 0.2) is 0 Å². The highest BCUT2D eigenvalue weighted by Crippen LogP contribution is 2.27. The molecule has 0 saturated heterocycles. The number of nitrogens with two attached hydrogens (primary N) is 1. The minimum atomic E-state index is -4.49. The third-order valence-corrected chi connectivity index (χ3v) is 2.02. The van der Waals surface area contributed by atoms with Crippen LogP contribution in [0.2, 0.25) is 0 Å². The monoisotopic (exact) mass is 183 g/mol. The Morgan fingerprint density at radius 3 is 2.00 bits per heavy atom. The summed E-state index contributed by atoms with van der Waals surface area (Å²) in [7, 11) is 0. The van der Waals surface area contributed by atoms with Crippen molar-refractivity contribution in [2.24, 2.45) is 5.73 Å². The van der Waals surface area contributed by atoms with Gasteiger partial charge in [0, 0.05) is 6.04 Å². The van der Waals surface area contributed by atoms with Crippen molar-refractivity contribution < 1.29 is 17.9 Å². The Kier molecular flexibility index (Phi) is 2.95. The second-order valence-corrected chi connectivity index (χ2v) is 3.10. The van der Waals surface area contributed by atoms with E-state index in [-0.39, 0.29) is 6.04 Å². The van der Waals surface area contributed by atoms with Crippen LogP contribution in [0.5, 0.6) is 0 Å². The van der Waals surface area contributed by atoms with Gasteiger partial charge in [0.15, 0.2) is 0 Å². The van der Waals surface area contributed by atoms with Crippen molar-refractivity contribution in [2.75, 3.05) is 0 Å². The summed E-state index contributed by atoms with van der Waals surface area (Å²) in [4.78, 5) is 0. The van der Waals surface area contributed by atoms with Gasteiger partial charge < -0.3 is 5.73 Å². The van der Waals surface area contributed by atoms with Crippen LogP contribution >= 0.6 is 0 Å². The number of ether oxygens (including phenoxy) is 1. The molecule has 0 heterocycles. The van der Waals surface area contributed by atoms with E-state index in [1.807, 2.05) is 0 Å². The molecular weight excluding hydrogens is 171 g/mol. The second-order valence-electron chi connectivity index (χ2n) is 3.10. The van der Waals surface area contributed by atoms with Gasteiger partial charge >= 0.3 is 6.36 Å². The van der Waals surface area contributed by atoms with E-state index in [0.29, 0.717) is 25.7 Å². The van der Waals surface area contributed by atoms with E-state index in [2.05, 4.69) is 4.74 Å². The van der Waals surface area contributed by atoms with Crippen LogP contribution in [0.3, 0.4) is 0 Å². The van der Waals surface area contributed by atoms with Crippen molar-refractivity contribution in [2.45, 2.75) is 44.2 Å². The lowest BCUT2D eigenvalue weighted by molar-refractivity contribution is -0.345. The Hall–Kier alpha value is -0.290. The first kappa shape index (κ1) is 9.80. The number of hydrogen-bond donors (Lipinski definition) is 1. The van der Waals surface area contributed by atoms with Gasteiger partial charge in [-0.2, -0.15) is 0 Å². The lowest BCUT2D eigenvalue weighted by Gasteiger charge is -2.26. The first-order valence-electron chi connectivity index (χ1n) is 3.97. The highest BCUT2D eigenvalue weighted by atomic mass is 19.4. The fraction of sp³-hybridized carbons (Fsp3) is 1.00. The van der Waals surface area contributed by atoms with Crippen molar-refractivity contribution in [1.29, 1.82) is 0 Å². The molecule has 0 aromatic heterocycles. The van der Waals surface area contributed by atoms with Crippen LogP contribution in [0, 0.1) is 0 Å². The molecule has 0 spiro atoms. The van der Waals surface area contributed by atoms with Gasteiger partial charge in [-0.15, -0.1) is 13.2 Å². The third kappa shape index (κ3) is 3.40. The topological polar surface area (TPSA) is 35.2 Å². The summed E-state index contributed by atoms with van der Waals surface area (Å²) in [5, 5.41) is 0. The predicted molar refractivity (Wildman–Crippen MR) is 37.4 cm³/mol. The van der Waals surface area contributed by atoms with Crippen molar-refractivity contribution in [3.8, 4) is 0 Å². The molecular formula is C7H12F3NO. The summed E-state index contributed by atoms with van der Waals surface area (Å²) in [6.07, 6.45) is -3.08. The molecule has 1 fully saturated rings. The minimum Gasteiger partial charge on any atom is -0.328 e. The third-order valence-electron chi connectivity index (χ3n) is 2.02. The van der Waals surface area contributed by atoms with Crippen LogP contribution in [0.4, 0.5) is 13.2 Å². The first-order chi connectivity index (χ1) is 5.47. The summed E-state index contributed by atoms with van der Waals surface area (Å²) in [6.45, 7) is 0. The molecule has 2 nitrogen and oxygen atoms in total. The fourth-order valence-electron chi connectivity index (χ4n) is 1.40. The molecule has 1 aliphatic carbocycles. The Bertz CT molecular complexity index is 140. The second kappa shape index (κ2) is 3.62. The molecule has 0 aliphatic heterocycles. The number of hydrogen-bond acceptors (Lipinski definition) is 2. The Morgan fingerprint density at radius 2 is 1.58 bits per heavy atom. The molecule has 0 amide bonds. The van der Waals surface area contributed by atoms with Gasteiger partial charge in [-0.25, -0.2) is 0 Å². The van der Waals surface area contributed by atoms with E-state index in [0.717, 1.165) is 0 Å². The van der Waals surface area contributed by atoms with Gasteiger partial charge in [-0.1, -0.05) is 0 Å². The number of alkyl halides is 3. The molecule has 0 unspecified atom stereocenters. The molecule has 72 valence electrons. The lowest BCUT2D eigenvalue weighted by atomic mass is 9.94. The molecule has 0 aromatic carbocycles. The van der Waals surface area contributed by atoms with Crippen LogP contribution in [-0.2, 0) is 4.74 Å². The summed E-state index contributed by atoms with van der Waals surface area (Å²) in [5.74, 6) is 0. The van der Waals surface area contributed by atoms with E-state index in [4.69, 9.17) is 5.73 Å². The molecule has 0 aromatic rings. The van der Waals surface area contributed by atoms with Gasteiger partial charge in [-0.05, 0) is 25.7 Å². The molecule has 2 N–H and O–H groups in total. The SMILES string of the molecule is NC1CCC(OC(F)(F)F)CC1. The standard InChI is InChI=1S/C7H12F3NO/c8-7(9,10)12-6-3-1-5(11)2-4-6/h5-6H,1-4,11H2. The Balaban J connectivity index is 2.26. The summed E-state index contributed by atoms with van der Waals surface area (Å²) in [5.41, 5.74) is 5.52. The van der Waals surface area contributed by atoms with E-state index in [1.165, 1.54) is 0 Å². The fourth-order valence-corrected chi connectivity index (χ4v) is 1.40. The Labute approximate surface area is 68.9 Å². The van der Waals surface area contributed by atoms with Crippen LogP contribution in [0.25, 0.3) is 0 Å². The van der Waals surface area contributed by atoms with Crippen LogP contribution < -0.4 is 5.73 Å². The van der Waals surface area contributed by atoms with Gasteiger partial charge in [0.1, 0.15) is 0 Å². The first-order valence-corrected chi connectivity index (χ1v) is 3.97. The number of rotatable bonds is 1. The molecule has 1 rings (SSSR count). The summed E-state index contributed by atoms with van der Waals surface area (Å²) in [6, 6.07) is 0.0538.